The van der Waals surface area contributed by atoms with Crippen LogP contribution < -0.4 is 5.73 Å². The molecule has 0 saturated carbocycles. The highest BCUT2D eigenvalue weighted by Crippen LogP contribution is 2.22. The largest absolute Gasteiger partial charge is 0.367 e. The third-order valence-corrected chi connectivity index (χ3v) is 3.18. The lowest BCUT2D eigenvalue weighted by Crippen LogP contribution is -2.56. The number of aromatic nitrogens is 1. The van der Waals surface area contributed by atoms with Gasteiger partial charge in [0.25, 0.3) is 5.91 Å². The van der Waals surface area contributed by atoms with Crippen molar-refractivity contribution in [2.75, 3.05) is 19.6 Å². The van der Waals surface area contributed by atoms with E-state index < -0.39 is 0 Å². The summed E-state index contributed by atoms with van der Waals surface area (Å²) in [6.45, 7) is 7.37. The van der Waals surface area contributed by atoms with Gasteiger partial charge < -0.3 is 15.4 Å². The molecule has 0 radical (unpaired) electrons. The van der Waals surface area contributed by atoms with E-state index >= 15 is 0 Å². The van der Waals surface area contributed by atoms with Gasteiger partial charge >= 0.3 is 0 Å². The quantitative estimate of drug-likeness (QED) is 0.863. The predicted octanol–water partition coefficient (Wildman–Crippen LogP) is 0.968. The normalized spacial score (nSPS) is 22.3. The Bertz CT molecular complexity index is 474. The Morgan fingerprint density at radius 3 is 3.00 bits per heavy atom. The lowest BCUT2D eigenvalue weighted by Gasteiger charge is -2.42. The fraction of sp³-hybridized carbons (Fsp3) is 0.571. The van der Waals surface area contributed by atoms with Crippen molar-refractivity contribution >= 4 is 5.91 Å². The molecule has 1 saturated heterocycles. The SMILES string of the molecule is Cc1cc(C(=O)N2CC(CN)OC(C)(C)C2)ccn1. The average molecular weight is 263 g/mol. The van der Waals surface area contributed by atoms with Gasteiger partial charge in [-0.1, -0.05) is 0 Å². The summed E-state index contributed by atoms with van der Waals surface area (Å²) in [7, 11) is 0. The highest BCUT2D eigenvalue weighted by molar-refractivity contribution is 5.94. The molecule has 0 aromatic carbocycles. The van der Waals surface area contributed by atoms with Crippen LogP contribution >= 0.6 is 0 Å². The Morgan fingerprint density at radius 1 is 1.63 bits per heavy atom. The van der Waals surface area contributed by atoms with Crippen LogP contribution in [-0.2, 0) is 4.74 Å². The second-order valence-electron chi connectivity index (χ2n) is 5.61. The number of amides is 1. The minimum atomic E-state index is -0.361. The van der Waals surface area contributed by atoms with Crippen LogP contribution in [0.2, 0.25) is 0 Å². The van der Waals surface area contributed by atoms with Gasteiger partial charge in [-0.05, 0) is 32.9 Å². The number of hydrogen-bond donors (Lipinski definition) is 1. The number of rotatable bonds is 2. The van der Waals surface area contributed by atoms with Crippen LogP contribution in [0.4, 0.5) is 0 Å². The molecule has 1 aliphatic rings. The molecule has 104 valence electrons. The Kier molecular flexibility index (Phi) is 3.87. The molecule has 2 rings (SSSR count). The highest BCUT2D eigenvalue weighted by Gasteiger charge is 2.35. The number of nitrogens with zero attached hydrogens (tertiary/aromatic N) is 2. The molecule has 1 atom stereocenters. The zero-order valence-electron chi connectivity index (χ0n) is 11.7. The molecule has 1 unspecified atom stereocenters. The van der Waals surface area contributed by atoms with E-state index in [2.05, 4.69) is 4.98 Å². The summed E-state index contributed by atoms with van der Waals surface area (Å²) in [5.41, 5.74) is 6.82. The molecule has 1 aromatic heterocycles. The molecule has 1 aliphatic heterocycles. The van der Waals surface area contributed by atoms with E-state index in [1.54, 1.807) is 12.3 Å². The Labute approximate surface area is 113 Å². The van der Waals surface area contributed by atoms with E-state index in [1.165, 1.54) is 0 Å². The second kappa shape index (κ2) is 5.27. The van der Waals surface area contributed by atoms with E-state index in [0.29, 0.717) is 25.2 Å². The van der Waals surface area contributed by atoms with Crippen LogP contribution in [-0.4, -0.2) is 47.1 Å². The summed E-state index contributed by atoms with van der Waals surface area (Å²) in [6, 6.07) is 3.55. The van der Waals surface area contributed by atoms with Crippen LogP contribution in [0.1, 0.15) is 29.9 Å². The maximum Gasteiger partial charge on any atom is 0.254 e. The molecule has 5 nitrogen and oxygen atoms in total. The lowest BCUT2D eigenvalue weighted by molar-refractivity contribution is -0.122. The third kappa shape index (κ3) is 3.30. The minimum Gasteiger partial charge on any atom is -0.367 e. The van der Waals surface area contributed by atoms with Crippen molar-refractivity contribution in [1.82, 2.24) is 9.88 Å². The van der Waals surface area contributed by atoms with E-state index in [1.807, 2.05) is 31.7 Å². The maximum absolute atomic E-state index is 12.5. The van der Waals surface area contributed by atoms with Gasteiger partial charge in [-0.3, -0.25) is 9.78 Å². The van der Waals surface area contributed by atoms with Crippen LogP contribution in [0.15, 0.2) is 18.3 Å². The smallest absolute Gasteiger partial charge is 0.254 e. The molecule has 0 spiro atoms. The van der Waals surface area contributed by atoms with Gasteiger partial charge in [0.1, 0.15) is 0 Å². The average Bonchev–Trinajstić information content (AvgIpc) is 2.36. The standard InChI is InChI=1S/C14H21N3O2/c1-10-6-11(4-5-16-10)13(18)17-8-12(7-15)19-14(2,3)9-17/h4-6,12H,7-9,15H2,1-3H3. The predicted molar refractivity (Wildman–Crippen MR) is 72.9 cm³/mol. The summed E-state index contributed by atoms with van der Waals surface area (Å²) >= 11 is 0. The molecule has 0 bridgehead atoms. The number of carbonyl (C=O) groups excluding carboxylic acids is 1. The number of nitrogens with two attached hydrogens (primary N) is 1. The van der Waals surface area contributed by atoms with E-state index in [4.69, 9.17) is 10.5 Å². The monoisotopic (exact) mass is 263 g/mol. The molecule has 5 heteroatoms. The first-order valence-corrected chi connectivity index (χ1v) is 6.51. The maximum atomic E-state index is 12.5. The van der Waals surface area contributed by atoms with Gasteiger partial charge in [0, 0.05) is 37.1 Å². The Morgan fingerprint density at radius 2 is 2.37 bits per heavy atom. The molecular weight excluding hydrogens is 242 g/mol. The Hall–Kier alpha value is -1.46. The molecule has 19 heavy (non-hydrogen) atoms. The van der Waals surface area contributed by atoms with Crippen molar-refractivity contribution in [2.24, 2.45) is 5.73 Å². The number of carbonyl (C=O) groups is 1. The second-order valence-corrected chi connectivity index (χ2v) is 5.61. The van der Waals surface area contributed by atoms with Gasteiger partial charge in [-0.2, -0.15) is 0 Å². The zero-order chi connectivity index (χ0) is 14.0. The van der Waals surface area contributed by atoms with Gasteiger partial charge in [-0.15, -0.1) is 0 Å². The van der Waals surface area contributed by atoms with Crippen LogP contribution in [0.25, 0.3) is 0 Å². The molecule has 1 aromatic rings. The summed E-state index contributed by atoms with van der Waals surface area (Å²) in [5.74, 6) is 0.0142. The number of morpholine rings is 1. The van der Waals surface area contributed by atoms with E-state index in [-0.39, 0.29) is 17.6 Å². The fourth-order valence-electron chi connectivity index (χ4n) is 2.43. The molecule has 2 heterocycles. The molecule has 1 fully saturated rings. The van der Waals surface area contributed by atoms with Gasteiger partial charge in [0.15, 0.2) is 0 Å². The van der Waals surface area contributed by atoms with Crippen molar-refractivity contribution in [1.29, 1.82) is 0 Å². The number of aryl methyl sites for hydroxylation is 1. The van der Waals surface area contributed by atoms with Gasteiger partial charge in [0.2, 0.25) is 0 Å². The highest BCUT2D eigenvalue weighted by atomic mass is 16.5. The molecular formula is C14H21N3O2. The van der Waals surface area contributed by atoms with Crippen molar-refractivity contribution in [3.63, 3.8) is 0 Å². The van der Waals surface area contributed by atoms with Crippen molar-refractivity contribution in [3.8, 4) is 0 Å². The van der Waals surface area contributed by atoms with Crippen LogP contribution in [0.5, 0.6) is 0 Å². The molecule has 1 amide bonds. The summed E-state index contributed by atoms with van der Waals surface area (Å²) in [6.07, 6.45) is 1.56. The zero-order valence-corrected chi connectivity index (χ0v) is 11.7. The van der Waals surface area contributed by atoms with Crippen LogP contribution in [0.3, 0.4) is 0 Å². The van der Waals surface area contributed by atoms with E-state index in [9.17, 15) is 4.79 Å². The van der Waals surface area contributed by atoms with E-state index in [0.717, 1.165) is 5.69 Å². The fourth-order valence-corrected chi connectivity index (χ4v) is 2.43. The van der Waals surface area contributed by atoms with Crippen molar-refractivity contribution in [2.45, 2.75) is 32.5 Å². The first-order valence-electron chi connectivity index (χ1n) is 6.51. The first-order chi connectivity index (χ1) is 8.91. The number of hydrogen-bond acceptors (Lipinski definition) is 4. The third-order valence-electron chi connectivity index (χ3n) is 3.18. The van der Waals surface area contributed by atoms with Gasteiger partial charge in [-0.25, -0.2) is 0 Å². The molecule has 0 aliphatic carbocycles. The summed E-state index contributed by atoms with van der Waals surface area (Å²) < 4.78 is 5.83. The van der Waals surface area contributed by atoms with Crippen LogP contribution in [0, 0.1) is 6.92 Å². The summed E-state index contributed by atoms with van der Waals surface area (Å²) in [4.78, 5) is 18.4. The van der Waals surface area contributed by atoms with Crippen molar-refractivity contribution in [3.05, 3.63) is 29.6 Å². The number of ether oxygens (including phenoxy) is 1. The Balaban J connectivity index is 2.18. The number of pyridine rings is 1. The molecule has 2 N–H and O–H groups in total. The minimum absolute atomic E-state index is 0.0142. The van der Waals surface area contributed by atoms with Crippen molar-refractivity contribution < 1.29 is 9.53 Å². The summed E-state index contributed by atoms with van der Waals surface area (Å²) in [5, 5.41) is 0. The topological polar surface area (TPSA) is 68.5 Å². The lowest BCUT2D eigenvalue weighted by atomic mass is 10.0. The van der Waals surface area contributed by atoms with Gasteiger partial charge in [0.05, 0.1) is 11.7 Å². The first kappa shape index (κ1) is 14.0.